The molecular weight excluding hydrogens is 442 g/mol. The molecule has 2 aliphatic rings. The van der Waals surface area contributed by atoms with Gasteiger partial charge in [-0.3, -0.25) is 4.79 Å². The molecule has 0 radical (unpaired) electrons. The monoisotopic (exact) mass is 474 g/mol. The minimum absolute atomic E-state index is 0.0288. The minimum atomic E-state index is -1.18. The van der Waals surface area contributed by atoms with Gasteiger partial charge in [0.05, 0.1) is 30.7 Å². The fraction of sp³-hybridized carbons (Fsp3) is 0.560. The number of nitrogens with zero attached hydrogens (tertiary/aromatic N) is 4. The van der Waals surface area contributed by atoms with Crippen molar-refractivity contribution >= 4 is 5.91 Å². The second-order valence-electron chi connectivity index (χ2n) is 9.88. The van der Waals surface area contributed by atoms with Crippen molar-refractivity contribution in [2.24, 2.45) is 5.92 Å². The summed E-state index contributed by atoms with van der Waals surface area (Å²) in [5.41, 5.74) is -0.748. The Hall–Kier alpha value is -2.65. The number of carbonyl (C=O) groups is 1. The first-order valence-corrected chi connectivity index (χ1v) is 11.8. The van der Waals surface area contributed by atoms with Gasteiger partial charge in [0.25, 0.3) is 5.91 Å². The Bertz CT molecular complexity index is 989. The molecule has 34 heavy (non-hydrogen) atoms. The van der Waals surface area contributed by atoms with Crippen LogP contribution in [0.15, 0.2) is 30.6 Å². The van der Waals surface area contributed by atoms with Crippen LogP contribution in [0.1, 0.15) is 43.5 Å². The van der Waals surface area contributed by atoms with E-state index in [2.05, 4.69) is 14.9 Å². The molecule has 1 unspecified atom stereocenters. The third-order valence-corrected chi connectivity index (χ3v) is 6.33. The number of aromatic nitrogens is 2. The first-order chi connectivity index (χ1) is 16.2. The summed E-state index contributed by atoms with van der Waals surface area (Å²) < 4.78 is 34.3. The van der Waals surface area contributed by atoms with Gasteiger partial charge in [-0.25, -0.2) is 18.7 Å². The third-order valence-electron chi connectivity index (χ3n) is 6.33. The Morgan fingerprint density at radius 2 is 1.88 bits per heavy atom. The molecule has 3 heterocycles. The summed E-state index contributed by atoms with van der Waals surface area (Å²) in [6.45, 7) is 6.57. The van der Waals surface area contributed by atoms with E-state index in [0.29, 0.717) is 49.2 Å². The lowest BCUT2D eigenvalue weighted by molar-refractivity contribution is 0.0760. The van der Waals surface area contributed by atoms with Crippen LogP contribution in [0.2, 0.25) is 0 Å². The van der Waals surface area contributed by atoms with Crippen molar-refractivity contribution in [3.8, 4) is 17.1 Å². The SMILES string of the molecule is CC(C)(F)CN1CCC(COc2cnc(-c3ccc(C(=O)N4CCC(O)C4)c(F)c3)nc2)CC1. The predicted molar refractivity (Wildman–Crippen MR) is 124 cm³/mol. The number of amides is 1. The second-order valence-corrected chi connectivity index (χ2v) is 9.88. The van der Waals surface area contributed by atoms with Crippen molar-refractivity contribution in [3.63, 3.8) is 0 Å². The lowest BCUT2D eigenvalue weighted by Crippen LogP contribution is -2.41. The van der Waals surface area contributed by atoms with Crippen molar-refractivity contribution in [1.82, 2.24) is 19.8 Å². The van der Waals surface area contributed by atoms with Gasteiger partial charge in [0.1, 0.15) is 11.5 Å². The van der Waals surface area contributed by atoms with Crippen LogP contribution >= 0.6 is 0 Å². The number of alkyl halides is 1. The summed E-state index contributed by atoms with van der Waals surface area (Å²) in [4.78, 5) is 24.7. The van der Waals surface area contributed by atoms with Crippen LogP contribution in [-0.4, -0.2) is 81.9 Å². The molecule has 0 aliphatic carbocycles. The van der Waals surface area contributed by atoms with E-state index < -0.39 is 23.5 Å². The number of rotatable bonds is 7. The number of likely N-dealkylation sites (tertiary alicyclic amines) is 2. The van der Waals surface area contributed by atoms with Crippen LogP contribution in [0.5, 0.6) is 5.75 Å². The average molecular weight is 475 g/mol. The molecule has 7 nitrogen and oxygen atoms in total. The first-order valence-electron chi connectivity index (χ1n) is 11.8. The zero-order valence-corrected chi connectivity index (χ0v) is 19.7. The quantitative estimate of drug-likeness (QED) is 0.663. The van der Waals surface area contributed by atoms with Crippen LogP contribution < -0.4 is 4.74 Å². The fourth-order valence-electron chi connectivity index (χ4n) is 4.52. The maximum Gasteiger partial charge on any atom is 0.256 e. The molecule has 1 atom stereocenters. The molecule has 0 bridgehead atoms. The van der Waals surface area contributed by atoms with Crippen molar-refractivity contribution in [1.29, 1.82) is 0 Å². The Morgan fingerprint density at radius 1 is 1.18 bits per heavy atom. The highest BCUT2D eigenvalue weighted by Gasteiger charge is 2.28. The number of carbonyl (C=O) groups excluding carboxylic acids is 1. The van der Waals surface area contributed by atoms with E-state index in [4.69, 9.17) is 4.74 Å². The van der Waals surface area contributed by atoms with E-state index in [1.807, 2.05) is 0 Å². The zero-order valence-electron chi connectivity index (χ0n) is 19.7. The number of β-amino-alcohol motifs (C(OH)–C–C–N with tert-alkyl or cyclic N) is 1. The van der Waals surface area contributed by atoms with Gasteiger partial charge in [-0.15, -0.1) is 0 Å². The zero-order chi connectivity index (χ0) is 24.3. The third kappa shape index (κ3) is 6.27. The maximum atomic E-state index is 14.6. The molecule has 2 fully saturated rings. The summed E-state index contributed by atoms with van der Waals surface area (Å²) in [5.74, 6) is 0.203. The van der Waals surface area contributed by atoms with Crippen molar-refractivity contribution in [3.05, 3.63) is 42.0 Å². The number of ether oxygens (including phenoxy) is 1. The molecular formula is C25H32F2N4O3. The number of benzene rings is 1. The molecule has 4 rings (SSSR count). The topological polar surface area (TPSA) is 78.8 Å². The van der Waals surface area contributed by atoms with E-state index >= 15 is 0 Å². The molecule has 2 aromatic rings. The van der Waals surface area contributed by atoms with Crippen LogP contribution in [-0.2, 0) is 0 Å². The van der Waals surface area contributed by atoms with E-state index in [1.54, 1.807) is 32.3 Å². The molecule has 1 N–H and O–H groups in total. The number of piperidine rings is 1. The molecule has 1 amide bonds. The van der Waals surface area contributed by atoms with Crippen molar-refractivity contribution < 1.29 is 23.4 Å². The van der Waals surface area contributed by atoms with E-state index in [1.165, 1.54) is 17.0 Å². The average Bonchev–Trinajstić information content (AvgIpc) is 3.24. The summed E-state index contributed by atoms with van der Waals surface area (Å²) in [6, 6.07) is 4.30. The normalized spacial score (nSPS) is 20.0. The fourth-order valence-corrected chi connectivity index (χ4v) is 4.52. The highest BCUT2D eigenvalue weighted by Crippen LogP contribution is 2.24. The number of hydrogen-bond donors (Lipinski definition) is 1. The summed E-state index contributed by atoms with van der Waals surface area (Å²) in [7, 11) is 0. The van der Waals surface area contributed by atoms with Gasteiger partial charge in [-0.1, -0.05) is 6.07 Å². The van der Waals surface area contributed by atoms with Crippen LogP contribution in [0.4, 0.5) is 8.78 Å². The molecule has 1 aromatic carbocycles. The Balaban J connectivity index is 1.30. The molecule has 1 aromatic heterocycles. The van der Waals surface area contributed by atoms with Gasteiger partial charge < -0.3 is 19.6 Å². The Morgan fingerprint density at radius 3 is 2.47 bits per heavy atom. The van der Waals surface area contributed by atoms with Gasteiger partial charge in [0, 0.05) is 25.2 Å². The number of aliphatic hydroxyl groups excluding tert-OH is 1. The maximum absolute atomic E-state index is 14.6. The van der Waals surface area contributed by atoms with Gasteiger partial charge in [-0.2, -0.15) is 0 Å². The highest BCUT2D eigenvalue weighted by atomic mass is 19.1. The molecule has 9 heteroatoms. The number of aliphatic hydroxyl groups is 1. The largest absolute Gasteiger partial charge is 0.490 e. The highest BCUT2D eigenvalue weighted by molar-refractivity contribution is 5.95. The van der Waals surface area contributed by atoms with Crippen LogP contribution in [0.3, 0.4) is 0 Å². The van der Waals surface area contributed by atoms with Crippen LogP contribution in [0, 0.1) is 11.7 Å². The predicted octanol–water partition coefficient (Wildman–Crippen LogP) is 3.33. The van der Waals surface area contributed by atoms with Gasteiger partial charge in [0.15, 0.2) is 11.6 Å². The van der Waals surface area contributed by atoms with E-state index in [0.717, 1.165) is 25.9 Å². The Labute approximate surface area is 198 Å². The van der Waals surface area contributed by atoms with Gasteiger partial charge in [0.2, 0.25) is 0 Å². The van der Waals surface area contributed by atoms with Crippen molar-refractivity contribution in [2.75, 3.05) is 39.3 Å². The number of halogens is 2. The van der Waals surface area contributed by atoms with E-state index in [9.17, 15) is 18.7 Å². The lowest BCUT2D eigenvalue weighted by Gasteiger charge is -2.34. The lowest BCUT2D eigenvalue weighted by atomic mass is 9.97. The van der Waals surface area contributed by atoms with Gasteiger partial charge in [-0.05, 0) is 64.3 Å². The Kier molecular flexibility index (Phi) is 7.42. The summed E-state index contributed by atoms with van der Waals surface area (Å²) in [5, 5.41) is 9.61. The standard InChI is InChI=1S/C25H32F2N4O3/c1-25(2,27)16-30-8-5-17(6-9-30)15-34-20-12-28-23(29-13-20)18-3-4-21(22(26)11-18)24(33)31-10-7-19(32)14-31/h3-4,11-13,17,19,32H,5-10,14-16H2,1-2H3. The van der Waals surface area contributed by atoms with E-state index in [-0.39, 0.29) is 12.1 Å². The molecule has 0 saturated carbocycles. The second kappa shape index (κ2) is 10.3. The molecule has 2 aliphatic heterocycles. The van der Waals surface area contributed by atoms with Gasteiger partial charge >= 0.3 is 0 Å². The summed E-state index contributed by atoms with van der Waals surface area (Å²) >= 11 is 0. The smallest absolute Gasteiger partial charge is 0.256 e. The summed E-state index contributed by atoms with van der Waals surface area (Å²) in [6.07, 6.45) is 4.98. The van der Waals surface area contributed by atoms with Crippen molar-refractivity contribution in [2.45, 2.75) is 44.9 Å². The molecule has 2 saturated heterocycles. The molecule has 184 valence electrons. The first kappa shape index (κ1) is 24.5. The number of hydrogen-bond acceptors (Lipinski definition) is 6. The molecule has 0 spiro atoms. The van der Waals surface area contributed by atoms with Crippen LogP contribution in [0.25, 0.3) is 11.4 Å². The minimum Gasteiger partial charge on any atom is -0.490 e.